The van der Waals surface area contributed by atoms with Crippen LogP contribution in [-0.4, -0.2) is 39.0 Å². The summed E-state index contributed by atoms with van der Waals surface area (Å²) in [5.41, 5.74) is 4.61. The van der Waals surface area contributed by atoms with Crippen molar-refractivity contribution in [1.82, 2.24) is 19.4 Å². The number of aryl methyl sites for hydroxylation is 1. The van der Waals surface area contributed by atoms with Crippen LogP contribution in [0.25, 0.3) is 23.0 Å². The molecule has 0 fully saturated rings. The molecule has 34 heavy (non-hydrogen) atoms. The molecule has 7 heteroatoms. The minimum absolute atomic E-state index is 0.00598. The van der Waals surface area contributed by atoms with Crippen molar-refractivity contribution in [3.63, 3.8) is 0 Å². The summed E-state index contributed by atoms with van der Waals surface area (Å²) in [6.07, 6.45) is 4.65. The minimum Gasteiger partial charge on any atom is -0.497 e. The van der Waals surface area contributed by atoms with Crippen molar-refractivity contribution in [2.45, 2.75) is 26.3 Å². The lowest BCUT2D eigenvalue weighted by Crippen LogP contribution is -2.37. The van der Waals surface area contributed by atoms with Crippen LogP contribution >= 0.6 is 0 Å². The number of benzene rings is 2. The Balaban J connectivity index is 1.47. The third-order valence-electron chi connectivity index (χ3n) is 6.05. The molecule has 1 aliphatic rings. The van der Waals surface area contributed by atoms with Gasteiger partial charge in [0.05, 0.1) is 31.5 Å². The standard InChI is InChI=1S/C27H26N4O3/c1-4-19-8-10-21(11-9-19)31-16-24(20-6-5-7-22(14-20)33-3)29-26(31)15-27(32)30-13-12-23-25(17-30)34-18(2)28-23/h4-11,14,16H,1,12-13,15,17H2,2-3H3. The maximum absolute atomic E-state index is 13.3. The zero-order chi connectivity index (χ0) is 23.7. The highest BCUT2D eigenvalue weighted by molar-refractivity contribution is 5.79. The van der Waals surface area contributed by atoms with E-state index in [4.69, 9.17) is 14.1 Å². The number of amides is 1. The Morgan fingerprint density at radius 3 is 2.79 bits per heavy atom. The molecule has 0 atom stereocenters. The second-order valence-corrected chi connectivity index (χ2v) is 8.28. The topological polar surface area (TPSA) is 73.4 Å². The monoisotopic (exact) mass is 454 g/mol. The van der Waals surface area contributed by atoms with Crippen molar-refractivity contribution in [2.75, 3.05) is 13.7 Å². The van der Waals surface area contributed by atoms with E-state index in [1.165, 1.54) is 0 Å². The summed E-state index contributed by atoms with van der Waals surface area (Å²) < 4.78 is 13.0. The van der Waals surface area contributed by atoms with Gasteiger partial charge in [0.25, 0.3) is 0 Å². The molecule has 7 nitrogen and oxygen atoms in total. The zero-order valence-electron chi connectivity index (χ0n) is 19.3. The van der Waals surface area contributed by atoms with Gasteiger partial charge in [0.1, 0.15) is 17.3 Å². The lowest BCUT2D eigenvalue weighted by molar-refractivity contribution is -0.131. The van der Waals surface area contributed by atoms with Gasteiger partial charge in [-0.15, -0.1) is 0 Å². The van der Waals surface area contributed by atoms with Gasteiger partial charge in [-0.25, -0.2) is 9.97 Å². The maximum atomic E-state index is 13.3. The molecule has 5 rings (SSSR count). The lowest BCUT2D eigenvalue weighted by Gasteiger charge is -2.25. The van der Waals surface area contributed by atoms with Gasteiger partial charge in [0, 0.05) is 37.3 Å². The van der Waals surface area contributed by atoms with Gasteiger partial charge < -0.3 is 18.6 Å². The Labute approximate surface area is 198 Å². The van der Waals surface area contributed by atoms with E-state index in [0.717, 1.165) is 39.7 Å². The fourth-order valence-corrected chi connectivity index (χ4v) is 4.24. The van der Waals surface area contributed by atoms with Gasteiger partial charge in [0.2, 0.25) is 5.91 Å². The molecule has 1 aliphatic heterocycles. The van der Waals surface area contributed by atoms with Crippen molar-refractivity contribution in [2.24, 2.45) is 0 Å². The van der Waals surface area contributed by atoms with Gasteiger partial charge in [-0.05, 0) is 29.8 Å². The molecule has 0 unspecified atom stereocenters. The third kappa shape index (κ3) is 4.24. The largest absolute Gasteiger partial charge is 0.497 e. The summed E-state index contributed by atoms with van der Waals surface area (Å²) >= 11 is 0. The van der Waals surface area contributed by atoms with Crippen LogP contribution in [-0.2, 0) is 24.2 Å². The summed E-state index contributed by atoms with van der Waals surface area (Å²) in [6.45, 7) is 6.72. The molecular weight excluding hydrogens is 428 g/mol. The fourth-order valence-electron chi connectivity index (χ4n) is 4.24. The number of carbonyl (C=O) groups is 1. The summed E-state index contributed by atoms with van der Waals surface area (Å²) in [4.78, 5) is 24.4. The number of aromatic nitrogens is 3. The molecule has 172 valence electrons. The van der Waals surface area contributed by atoms with E-state index in [9.17, 15) is 4.79 Å². The third-order valence-corrected chi connectivity index (χ3v) is 6.05. The van der Waals surface area contributed by atoms with E-state index >= 15 is 0 Å². The number of ether oxygens (including phenoxy) is 1. The predicted octanol–water partition coefficient (Wildman–Crippen LogP) is 4.61. The van der Waals surface area contributed by atoms with Gasteiger partial charge in [-0.3, -0.25) is 4.79 Å². The van der Waals surface area contributed by atoms with Crippen molar-refractivity contribution in [3.05, 3.63) is 90.0 Å². The fraction of sp³-hybridized carbons (Fsp3) is 0.222. The summed E-state index contributed by atoms with van der Waals surface area (Å²) in [5, 5.41) is 0. The van der Waals surface area contributed by atoms with Gasteiger partial charge >= 0.3 is 0 Å². The maximum Gasteiger partial charge on any atom is 0.230 e. The number of hydrogen-bond acceptors (Lipinski definition) is 5. The van der Waals surface area contributed by atoms with Crippen LogP contribution in [0.1, 0.15) is 28.7 Å². The average molecular weight is 455 g/mol. The molecule has 0 saturated carbocycles. The van der Waals surface area contributed by atoms with Gasteiger partial charge in [0.15, 0.2) is 5.89 Å². The average Bonchev–Trinajstić information content (AvgIpc) is 3.46. The molecule has 0 saturated heterocycles. The Kier molecular flexibility index (Phi) is 5.76. The number of hydrogen-bond donors (Lipinski definition) is 0. The van der Waals surface area contributed by atoms with Crippen LogP contribution in [0.2, 0.25) is 0 Å². The number of oxazole rings is 1. The number of methoxy groups -OCH3 is 1. The van der Waals surface area contributed by atoms with E-state index < -0.39 is 0 Å². The highest BCUT2D eigenvalue weighted by Gasteiger charge is 2.26. The molecular formula is C27H26N4O3. The molecule has 1 amide bonds. The molecule has 0 radical (unpaired) electrons. The first-order chi connectivity index (χ1) is 16.5. The van der Waals surface area contributed by atoms with Crippen molar-refractivity contribution in [3.8, 4) is 22.7 Å². The Morgan fingerprint density at radius 1 is 1.21 bits per heavy atom. The first-order valence-corrected chi connectivity index (χ1v) is 11.2. The lowest BCUT2D eigenvalue weighted by atomic mass is 10.1. The van der Waals surface area contributed by atoms with E-state index in [0.29, 0.717) is 31.2 Å². The van der Waals surface area contributed by atoms with Crippen molar-refractivity contribution in [1.29, 1.82) is 0 Å². The molecule has 0 bridgehead atoms. The normalized spacial score (nSPS) is 12.9. The van der Waals surface area contributed by atoms with Crippen molar-refractivity contribution < 1.29 is 13.9 Å². The van der Waals surface area contributed by atoms with E-state index in [1.54, 1.807) is 13.2 Å². The summed E-state index contributed by atoms with van der Waals surface area (Å²) in [7, 11) is 1.64. The first-order valence-electron chi connectivity index (χ1n) is 11.2. The van der Waals surface area contributed by atoms with Crippen LogP contribution in [0.15, 0.2) is 65.7 Å². The Hall–Kier alpha value is -4.13. The number of nitrogens with zero attached hydrogens (tertiary/aromatic N) is 4. The molecule has 2 aromatic carbocycles. The molecule has 0 N–H and O–H groups in total. The van der Waals surface area contributed by atoms with Crippen LogP contribution < -0.4 is 4.74 Å². The Morgan fingerprint density at radius 2 is 2.03 bits per heavy atom. The highest BCUT2D eigenvalue weighted by atomic mass is 16.5. The number of imidazole rings is 1. The number of fused-ring (bicyclic) bond motifs is 1. The first kappa shape index (κ1) is 21.7. The quantitative estimate of drug-likeness (QED) is 0.425. The smallest absolute Gasteiger partial charge is 0.230 e. The molecule has 2 aromatic heterocycles. The molecule has 0 spiro atoms. The number of carbonyl (C=O) groups excluding carboxylic acids is 1. The van der Waals surface area contributed by atoms with Crippen LogP contribution in [0.5, 0.6) is 5.75 Å². The van der Waals surface area contributed by atoms with Crippen LogP contribution in [0.3, 0.4) is 0 Å². The van der Waals surface area contributed by atoms with Crippen molar-refractivity contribution >= 4 is 12.0 Å². The molecule has 4 aromatic rings. The number of rotatable bonds is 6. The summed E-state index contributed by atoms with van der Waals surface area (Å²) in [6, 6.07) is 15.8. The molecule has 3 heterocycles. The van der Waals surface area contributed by atoms with E-state index in [-0.39, 0.29) is 12.3 Å². The SMILES string of the molecule is C=Cc1ccc(-n2cc(-c3cccc(OC)c3)nc2CC(=O)N2CCc3nc(C)oc3C2)cc1. The van der Waals surface area contributed by atoms with Gasteiger partial charge in [-0.1, -0.05) is 36.9 Å². The second kappa shape index (κ2) is 9.02. The van der Waals surface area contributed by atoms with Crippen LogP contribution in [0.4, 0.5) is 0 Å². The van der Waals surface area contributed by atoms with Gasteiger partial charge in [-0.2, -0.15) is 0 Å². The Bertz CT molecular complexity index is 1350. The summed E-state index contributed by atoms with van der Waals surface area (Å²) in [5.74, 6) is 2.85. The van der Waals surface area contributed by atoms with E-state index in [2.05, 4.69) is 11.6 Å². The highest BCUT2D eigenvalue weighted by Crippen LogP contribution is 2.26. The predicted molar refractivity (Wildman–Crippen MR) is 130 cm³/mol. The second-order valence-electron chi connectivity index (χ2n) is 8.28. The zero-order valence-corrected chi connectivity index (χ0v) is 19.3. The molecule has 0 aliphatic carbocycles. The van der Waals surface area contributed by atoms with Crippen LogP contribution in [0, 0.1) is 6.92 Å². The van der Waals surface area contributed by atoms with E-state index in [1.807, 2.05) is 71.1 Å². The minimum atomic E-state index is 0.00598.